The third-order valence-electron chi connectivity index (χ3n) is 6.67. The Hall–Kier alpha value is -4.94. The van der Waals surface area contributed by atoms with E-state index in [9.17, 15) is 31.1 Å². The van der Waals surface area contributed by atoms with E-state index in [-0.39, 0.29) is 33.7 Å². The molecule has 2 N–H and O–H groups in total. The molecule has 0 aliphatic heterocycles. The van der Waals surface area contributed by atoms with Gasteiger partial charge in [0.25, 0.3) is 5.56 Å². The molecular weight excluding hydrogens is 564 g/mol. The third kappa shape index (κ3) is 5.24. The van der Waals surface area contributed by atoms with E-state index in [0.29, 0.717) is 24.2 Å². The van der Waals surface area contributed by atoms with Gasteiger partial charge in [-0.3, -0.25) is 4.79 Å². The molecule has 0 saturated carbocycles. The van der Waals surface area contributed by atoms with Crippen molar-refractivity contribution in [1.29, 1.82) is 0 Å². The predicted molar refractivity (Wildman–Crippen MR) is 142 cm³/mol. The van der Waals surface area contributed by atoms with E-state index in [1.54, 1.807) is 6.92 Å². The molecule has 0 fully saturated rings. The molecule has 5 aromatic rings. The highest BCUT2D eigenvalue weighted by molar-refractivity contribution is 5.80. The largest absolute Gasteiger partial charge is 0.457 e. The standard InChI is InChI=1S/C29H21F6N5O2/c1-3-22-21(36)12-37-27(39-22)17-5-4-6-24(26(17)29(33,34)35)42-16-7-8-23-18(11-16)28(41)38-13-40(23)14(2)25-19(31)9-15(30)10-20(25)32/h4-14H,3,36H2,1-2H3. The molecule has 0 bridgehead atoms. The Morgan fingerprint density at radius 2 is 1.74 bits per heavy atom. The summed E-state index contributed by atoms with van der Waals surface area (Å²) in [6.45, 7) is 3.17. The van der Waals surface area contributed by atoms with Gasteiger partial charge in [0.2, 0.25) is 0 Å². The van der Waals surface area contributed by atoms with Gasteiger partial charge in [-0.05, 0) is 37.6 Å². The maximum atomic E-state index is 14.5. The van der Waals surface area contributed by atoms with Crippen LogP contribution in [0.3, 0.4) is 0 Å². The zero-order valence-electron chi connectivity index (χ0n) is 22.0. The van der Waals surface area contributed by atoms with E-state index >= 15 is 0 Å². The number of ether oxygens (including phenoxy) is 1. The first-order valence-electron chi connectivity index (χ1n) is 12.5. The Bertz CT molecular complexity index is 1870. The molecule has 3 aromatic carbocycles. The summed E-state index contributed by atoms with van der Waals surface area (Å²) in [5.74, 6) is -4.28. The van der Waals surface area contributed by atoms with Crippen LogP contribution in [0.5, 0.6) is 11.5 Å². The molecule has 216 valence electrons. The zero-order valence-corrected chi connectivity index (χ0v) is 22.0. The second kappa shape index (κ2) is 10.8. The zero-order chi connectivity index (χ0) is 30.3. The SMILES string of the molecule is CCc1nc(-c2cccc(Oc3ccc4c(c3)c(=O)ncn4C(C)c3c(F)cc(F)cc3F)c2C(F)(F)F)ncc1N. The number of halogens is 6. The van der Waals surface area contributed by atoms with Crippen molar-refractivity contribution in [3.8, 4) is 22.9 Å². The van der Waals surface area contributed by atoms with Gasteiger partial charge in [0.15, 0.2) is 5.82 Å². The van der Waals surface area contributed by atoms with Crippen LogP contribution < -0.4 is 16.0 Å². The number of hydrogen-bond donors (Lipinski definition) is 1. The minimum atomic E-state index is -4.88. The van der Waals surface area contributed by atoms with E-state index in [2.05, 4.69) is 15.0 Å². The first-order valence-corrected chi connectivity index (χ1v) is 12.5. The third-order valence-corrected chi connectivity index (χ3v) is 6.67. The average Bonchev–Trinajstić information content (AvgIpc) is 2.92. The van der Waals surface area contributed by atoms with Crippen molar-refractivity contribution < 1.29 is 31.1 Å². The van der Waals surface area contributed by atoms with Crippen molar-refractivity contribution in [3.05, 3.63) is 106 Å². The van der Waals surface area contributed by atoms with Crippen LogP contribution >= 0.6 is 0 Å². The van der Waals surface area contributed by atoms with Crippen LogP contribution in [0.4, 0.5) is 32.0 Å². The number of benzene rings is 3. The first-order chi connectivity index (χ1) is 19.9. The smallest absolute Gasteiger partial charge is 0.420 e. The lowest BCUT2D eigenvalue weighted by atomic mass is 10.0. The molecular formula is C29H21F6N5O2. The number of nitrogens with zero attached hydrogens (tertiary/aromatic N) is 4. The second-order valence-corrected chi connectivity index (χ2v) is 9.32. The molecule has 13 heteroatoms. The lowest BCUT2D eigenvalue weighted by Gasteiger charge is -2.20. The first kappa shape index (κ1) is 28.6. The number of aryl methyl sites for hydroxylation is 1. The van der Waals surface area contributed by atoms with Gasteiger partial charge in [-0.2, -0.15) is 18.2 Å². The molecule has 1 unspecified atom stereocenters. The molecule has 7 nitrogen and oxygen atoms in total. The lowest BCUT2D eigenvalue weighted by molar-refractivity contribution is -0.138. The molecule has 0 saturated heterocycles. The molecule has 0 spiro atoms. The van der Waals surface area contributed by atoms with Crippen LogP contribution in [0, 0.1) is 17.5 Å². The van der Waals surface area contributed by atoms with Gasteiger partial charge >= 0.3 is 6.18 Å². The normalized spacial score (nSPS) is 12.5. The van der Waals surface area contributed by atoms with E-state index in [4.69, 9.17) is 10.5 Å². The predicted octanol–water partition coefficient (Wildman–Crippen LogP) is 6.84. The van der Waals surface area contributed by atoms with Crippen molar-refractivity contribution in [1.82, 2.24) is 19.5 Å². The van der Waals surface area contributed by atoms with Gasteiger partial charge in [-0.1, -0.05) is 19.1 Å². The highest BCUT2D eigenvalue weighted by Crippen LogP contribution is 2.44. The number of anilines is 1. The molecule has 0 amide bonds. The average molecular weight is 586 g/mol. The summed E-state index contributed by atoms with van der Waals surface area (Å²) in [6.07, 6.45) is -2.20. The minimum absolute atomic E-state index is 0.0936. The van der Waals surface area contributed by atoms with Gasteiger partial charge in [0.05, 0.1) is 40.9 Å². The van der Waals surface area contributed by atoms with Crippen LogP contribution in [-0.4, -0.2) is 19.5 Å². The Balaban J connectivity index is 1.59. The molecule has 42 heavy (non-hydrogen) atoms. The minimum Gasteiger partial charge on any atom is -0.457 e. The van der Waals surface area contributed by atoms with Crippen LogP contribution in [-0.2, 0) is 12.6 Å². The number of alkyl halides is 3. The molecule has 0 radical (unpaired) electrons. The second-order valence-electron chi connectivity index (χ2n) is 9.32. The maximum absolute atomic E-state index is 14.5. The summed E-state index contributed by atoms with van der Waals surface area (Å²) in [5, 5.41) is -0.0936. The van der Waals surface area contributed by atoms with Crippen molar-refractivity contribution in [2.75, 3.05) is 5.73 Å². The molecule has 0 aliphatic rings. The van der Waals surface area contributed by atoms with Gasteiger partial charge in [0, 0.05) is 23.3 Å². The van der Waals surface area contributed by atoms with Crippen molar-refractivity contribution in [2.45, 2.75) is 32.5 Å². The summed E-state index contributed by atoms with van der Waals surface area (Å²) >= 11 is 0. The Morgan fingerprint density at radius 1 is 1.02 bits per heavy atom. The summed E-state index contributed by atoms with van der Waals surface area (Å²) in [5.41, 5.74) is 3.90. The lowest BCUT2D eigenvalue weighted by Crippen LogP contribution is -2.18. The van der Waals surface area contributed by atoms with Gasteiger partial charge in [0.1, 0.15) is 34.5 Å². The van der Waals surface area contributed by atoms with Crippen LogP contribution in [0.15, 0.2) is 65.8 Å². The number of aromatic nitrogens is 4. The van der Waals surface area contributed by atoms with Crippen LogP contribution in [0.1, 0.15) is 36.7 Å². The van der Waals surface area contributed by atoms with E-state index in [0.717, 1.165) is 12.4 Å². The van der Waals surface area contributed by atoms with Crippen LogP contribution in [0.25, 0.3) is 22.3 Å². The van der Waals surface area contributed by atoms with E-state index < -0.39 is 52.1 Å². The summed E-state index contributed by atoms with van der Waals surface area (Å²) in [6, 6.07) is 7.46. The number of rotatable bonds is 6. The summed E-state index contributed by atoms with van der Waals surface area (Å²) in [7, 11) is 0. The molecule has 1 atom stereocenters. The van der Waals surface area contributed by atoms with Crippen molar-refractivity contribution in [3.63, 3.8) is 0 Å². The van der Waals surface area contributed by atoms with E-state index in [1.807, 2.05) is 0 Å². The summed E-state index contributed by atoms with van der Waals surface area (Å²) < 4.78 is 92.4. The van der Waals surface area contributed by atoms with Crippen molar-refractivity contribution in [2.24, 2.45) is 0 Å². The van der Waals surface area contributed by atoms with Gasteiger partial charge in [-0.15, -0.1) is 0 Å². The molecule has 5 rings (SSSR count). The van der Waals surface area contributed by atoms with Crippen molar-refractivity contribution >= 4 is 16.6 Å². The number of nitrogens with two attached hydrogens (primary N) is 1. The fourth-order valence-electron chi connectivity index (χ4n) is 4.68. The number of fused-ring (bicyclic) bond motifs is 1. The Kier molecular flexibility index (Phi) is 7.35. The Morgan fingerprint density at radius 3 is 2.40 bits per heavy atom. The Labute approximate surface area is 234 Å². The topological polar surface area (TPSA) is 95.9 Å². The molecule has 2 heterocycles. The maximum Gasteiger partial charge on any atom is 0.420 e. The van der Waals surface area contributed by atoms with Crippen LogP contribution in [0.2, 0.25) is 0 Å². The summed E-state index contributed by atoms with van der Waals surface area (Å²) in [4.78, 5) is 24.5. The quantitative estimate of drug-likeness (QED) is 0.219. The highest BCUT2D eigenvalue weighted by atomic mass is 19.4. The fourth-order valence-corrected chi connectivity index (χ4v) is 4.68. The monoisotopic (exact) mass is 585 g/mol. The highest BCUT2D eigenvalue weighted by Gasteiger charge is 2.38. The van der Waals surface area contributed by atoms with Gasteiger partial charge in [-0.25, -0.2) is 23.1 Å². The molecule has 0 aliphatic carbocycles. The number of hydrogen-bond acceptors (Lipinski definition) is 6. The van der Waals surface area contributed by atoms with E-state index in [1.165, 1.54) is 48.0 Å². The number of nitrogen functional groups attached to an aromatic ring is 1. The fraction of sp³-hybridized carbons (Fsp3) is 0.172. The molecule has 2 aromatic heterocycles. The van der Waals surface area contributed by atoms with Gasteiger partial charge < -0.3 is 15.0 Å².